The highest BCUT2D eigenvalue weighted by Gasteiger charge is 2.01. The smallest absolute Gasteiger partial charge is 0.0679 e. The van der Waals surface area contributed by atoms with Gasteiger partial charge in [-0.1, -0.05) is 26.7 Å². The van der Waals surface area contributed by atoms with Crippen LogP contribution in [0.3, 0.4) is 0 Å². The maximum absolute atomic E-state index is 4.90. The molecule has 0 radical (unpaired) electrons. The highest BCUT2D eigenvalue weighted by Crippen LogP contribution is 2.13. The van der Waals surface area contributed by atoms with E-state index in [0.717, 1.165) is 12.3 Å². The van der Waals surface area contributed by atoms with Gasteiger partial charge in [-0.25, -0.2) is 5.90 Å². The van der Waals surface area contributed by atoms with Crippen LogP contribution in [0.15, 0.2) is 0 Å². The number of hydrogen-bond donors (Lipinski definition) is 1. The van der Waals surface area contributed by atoms with Gasteiger partial charge in [-0.2, -0.15) is 0 Å². The summed E-state index contributed by atoms with van der Waals surface area (Å²) < 4.78 is 0. The zero-order valence-electron chi connectivity index (χ0n) is 7.10. The lowest BCUT2D eigenvalue weighted by Crippen LogP contribution is -2.04. The summed E-state index contributed by atoms with van der Waals surface area (Å²) in [6.45, 7) is 5.17. The van der Waals surface area contributed by atoms with Crippen molar-refractivity contribution in [1.29, 1.82) is 0 Å². The van der Waals surface area contributed by atoms with Crippen LogP contribution in [0.5, 0.6) is 0 Å². The molecule has 2 N–H and O–H groups in total. The van der Waals surface area contributed by atoms with Gasteiger partial charge in [0.05, 0.1) is 6.61 Å². The van der Waals surface area contributed by atoms with Gasteiger partial charge in [0.1, 0.15) is 0 Å². The van der Waals surface area contributed by atoms with Crippen molar-refractivity contribution in [2.45, 2.75) is 39.5 Å². The summed E-state index contributed by atoms with van der Waals surface area (Å²) >= 11 is 0. The van der Waals surface area contributed by atoms with Crippen LogP contribution in [0.1, 0.15) is 39.5 Å². The maximum Gasteiger partial charge on any atom is 0.0679 e. The van der Waals surface area contributed by atoms with Gasteiger partial charge in [-0.05, 0) is 18.8 Å². The number of rotatable bonds is 6. The van der Waals surface area contributed by atoms with Crippen molar-refractivity contribution in [2.24, 2.45) is 11.8 Å². The lowest BCUT2D eigenvalue weighted by atomic mass is 9.98. The van der Waals surface area contributed by atoms with Crippen molar-refractivity contribution >= 4 is 0 Å². The lowest BCUT2D eigenvalue weighted by Gasteiger charge is -2.10. The third kappa shape index (κ3) is 4.77. The zero-order valence-corrected chi connectivity index (χ0v) is 7.10. The maximum atomic E-state index is 4.90. The molecule has 0 saturated carbocycles. The Morgan fingerprint density at radius 2 is 1.90 bits per heavy atom. The largest absolute Gasteiger partial charge is 0.305 e. The van der Waals surface area contributed by atoms with Gasteiger partial charge in [0.15, 0.2) is 0 Å². The molecule has 10 heavy (non-hydrogen) atoms. The first-order chi connectivity index (χ1) is 4.85. The molecule has 0 bridgehead atoms. The fraction of sp³-hybridized carbons (Fsp3) is 1.00. The Morgan fingerprint density at radius 3 is 2.30 bits per heavy atom. The lowest BCUT2D eigenvalue weighted by molar-refractivity contribution is 0.129. The van der Waals surface area contributed by atoms with E-state index in [0.29, 0.717) is 6.61 Å². The molecule has 0 aromatic rings. The molecule has 0 aromatic heterocycles. The molecule has 0 spiro atoms. The van der Waals surface area contributed by atoms with Crippen LogP contribution in [-0.2, 0) is 4.84 Å². The van der Waals surface area contributed by atoms with E-state index >= 15 is 0 Å². The normalized spacial score (nSPS) is 10.8. The van der Waals surface area contributed by atoms with Gasteiger partial charge < -0.3 is 4.84 Å². The molecule has 0 amide bonds. The Morgan fingerprint density at radius 1 is 1.30 bits per heavy atom. The average molecular weight is 145 g/mol. The molecule has 0 aliphatic heterocycles. The van der Waals surface area contributed by atoms with Crippen LogP contribution in [0.25, 0.3) is 0 Å². The standard InChI is InChI=1S/C8H19NO/c1-3-8(4-2)6-5-7-10-9/h8H,3-7,9H2,1-2H3. The van der Waals surface area contributed by atoms with Gasteiger partial charge in [0, 0.05) is 0 Å². The third-order valence-corrected chi connectivity index (χ3v) is 2.03. The second kappa shape index (κ2) is 7.03. The molecule has 2 nitrogen and oxygen atoms in total. The molecule has 0 unspecified atom stereocenters. The van der Waals surface area contributed by atoms with E-state index in [9.17, 15) is 0 Å². The Kier molecular flexibility index (Phi) is 6.98. The highest BCUT2D eigenvalue weighted by molar-refractivity contribution is 4.53. The fourth-order valence-corrected chi connectivity index (χ4v) is 1.15. The third-order valence-electron chi connectivity index (χ3n) is 2.03. The van der Waals surface area contributed by atoms with Crippen LogP contribution in [0.4, 0.5) is 0 Å². The molecule has 2 heteroatoms. The molecule has 0 saturated heterocycles. The Labute approximate surface area is 63.7 Å². The molecule has 0 aliphatic rings. The molecule has 0 fully saturated rings. The van der Waals surface area contributed by atoms with E-state index < -0.39 is 0 Å². The minimum Gasteiger partial charge on any atom is -0.305 e. The second-order valence-corrected chi connectivity index (χ2v) is 2.70. The summed E-state index contributed by atoms with van der Waals surface area (Å²) in [7, 11) is 0. The molecule has 0 rings (SSSR count). The van der Waals surface area contributed by atoms with Gasteiger partial charge in [-0.15, -0.1) is 0 Å². The van der Waals surface area contributed by atoms with Crippen molar-refractivity contribution in [3.8, 4) is 0 Å². The van der Waals surface area contributed by atoms with E-state index in [1.54, 1.807) is 0 Å². The quantitative estimate of drug-likeness (QED) is 0.459. The van der Waals surface area contributed by atoms with Gasteiger partial charge in [0.2, 0.25) is 0 Å². The van der Waals surface area contributed by atoms with Crippen LogP contribution < -0.4 is 5.90 Å². The van der Waals surface area contributed by atoms with Crippen LogP contribution in [0, 0.1) is 5.92 Å². The van der Waals surface area contributed by atoms with Gasteiger partial charge in [-0.3, -0.25) is 0 Å². The average Bonchev–Trinajstić information content (AvgIpc) is 1.99. The predicted octanol–water partition coefficient (Wildman–Crippen LogP) is 2.09. The second-order valence-electron chi connectivity index (χ2n) is 2.70. The molecular weight excluding hydrogens is 126 g/mol. The molecular formula is C8H19NO. The highest BCUT2D eigenvalue weighted by atomic mass is 16.6. The van der Waals surface area contributed by atoms with Crippen LogP contribution >= 0.6 is 0 Å². The van der Waals surface area contributed by atoms with Crippen molar-refractivity contribution < 1.29 is 4.84 Å². The fourth-order valence-electron chi connectivity index (χ4n) is 1.15. The topological polar surface area (TPSA) is 35.2 Å². The van der Waals surface area contributed by atoms with Crippen LogP contribution in [-0.4, -0.2) is 6.61 Å². The molecule has 62 valence electrons. The molecule has 0 atom stereocenters. The summed E-state index contributed by atoms with van der Waals surface area (Å²) in [6, 6.07) is 0. The van der Waals surface area contributed by atoms with Gasteiger partial charge in [0.25, 0.3) is 0 Å². The molecule has 0 aliphatic carbocycles. The minimum absolute atomic E-state index is 0.705. The Bertz CT molecular complexity index is 62.3. The van der Waals surface area contributed by atoms with E-state index in [1.807, 2.05) is 0 Å². The zero-order chi connectivity index (χ0) is 7.82. The monoisotopic (exact) mass is 145 g/mol. The van der Waals surface area contributed by atoms with E-state index in [2.05, 4.69) is 18.7 Å². The summed E-state index contributed by atoms with van der Waals surface area (Å²) in [5.41, 5.74) is 0. The van der Waals surface area contributed by atoms with E-state index in [1.165, 1.54) is 19.3 Å². The first-order valence-corrected chi connectivity index (χ1v) is 4.16. The van der Waals surface area contributed by atoms with E-state index in [4.69, 9.17) is 5.90 Å². The summed E-state index contributed by atoms with van der Waals surface area (Å²) in [5.74, 6) is 5.77. The first kappa shape index (κ1) is 9.92. The van der Waals surface area contributed by atoms with Crippen molar-refractivity contribution in [3.63, 3.8) is 0 Å². The molecule has 0 aromatic carbocycles. The predicted molar refractivity (Wildman–Crippen MR) is 43.4 cm³/mol. The first-order valence-electron chi connectivity index (χ1n) is 4.16. The summed E-state index contributed by atoms with van der Waals surface area (Å²) in [6.07, 6.45) is 4.91. The number of nitrogens with two attached hydrogens (primary N) is 1. The SMILES string of the molecule is CCC(CC)CCCON. The van der Waals surface area contributed by atoms with Crippen molar-refractivity contribution in [3.05, 3.63) is 0 Å². The summed E-state index contributed by atoms with van der Waals surface area (Å²) in [5, 5.41) is 0. The molecule has 0 heterocycles. The Hall–Kier alpha value is -0.0800. The summed E-state index contributed by atoms with van der Waals surface area (Å²) in [4.78, 5) is 4.48. The van der Waals surface area contributed by atoms with Crippen molar-refractivity contribution in [2.75, 3.05) is 6.61 Å². The van der Waals surface area contributed by atoms with E-state index in [-0.39, 0.29) is 0 Å². The van der Waals surface area contributed by atoms with Crippen molar-refractivity contribution in [1.82, 2.24) is 0 Å². The number of hydrogen-bond acceptors (Lipinski definition) is 2. The minimum atomic E-state index is 0.705. The Balaban J connectivity index is 3.09. The van der Waals surface area contributed by atoms with Gasteiger partial charge >= 0.3 is 0 Å². The van der Waals surface area contributed by atoms with Crippen LogP contribution in [0.2, 0.25) is 0 Å².